The Morgan fingerprint density at radius 2 is 1.94 bits per heavy atom. The van der Waals surface area contributed by atoms with Gasteiger partial charge in [-0.15, -0.1) is 11.3 Å². The Labute approximate surface area is 184 Å². The Morgan fingerprint density at radius 3 is 2.69 bits per heavy atom. The monoisotopic (exact) mass is 457 g/mol. The number of nitrogens with zero attached hydrogens (tertiary/aromatic N) is 2. The predicted octanol–water partition coefficient (Wildman–Crippen LogP) is 4.77. The number of benzene rings is 2. The largest absolute Gasteiger partial charge is 0.456 e. The van der Waals surface area contributed by atoms with Crippen LogP contribution in [0.1, 0.15) is 21.7 Å². The van der Waals surface area contributed by atoms with Crippen molar-refractivity contribution in [1.29, 1.82) is 0 Å². The Hall–Kier alpha value is -3.79. The SMILES string of the molecule is Cc1csc2nc(COC(=O)c3ccccc3Nc3ccc(OC(F)F)cc3)cc(=O)n12. The first-order chi connectivity index (χ1) is 15.4. The second-order valence-electron chi connectivity index (χ2n) is 6.73. The molecule has 0 unspecified atom stereocenters. The highest BCUT2D eigenvalue weighted by Gasteiger charge is 2.15. The minimum Gasteiger partial charge on any atom is -0.456 e. The molecule has 0 aliphatic rings. The van der Waals surface area contributed by atoms with E-state index in [0.717, 1.165) is 5.69 Å². The Balaban J connectivity index is 1.47. The van der Waals surface area contributed by atoms with Gasteiger partial charge in [0.15, 0.2) is 4.96 Å². The van der Waals surface area contributed by atoms with Crippen LogP contribution in [-0.2, 0) is 11.3 Å². The number of fused-ring (bicyclic) bond motifs is 1. The lowest BCUT2D eigenvalue weighted by Gasteiger charge is -2.12. The summed E-state index contributed by atoms with van der Waals surface area (Å²) in [5.41, 5.74) is 2.22. The van der Waals surface area contributed by atoms with Gasteiger partial charge in [0.2, 0.25) is 0 Å². The van der Waals surface area contributed by atoms with Gasteiger partial charge in [0, 0.05) is 22.8 Å². The summed E-state index contributed by atoms with van der Waals surface area (Å²) in [5, 5.41) is 4.88. The summed E-state index contributed by atoms with van der Waals surface area (Å²) in [4.78, 5) is 29.8. The van der Waals surface area contributed by atoms with Crippen LogP contribution in [0.4, 0.5) is 20.2 Å². The van der Waals surface area contributed by atoms with E-state index in [2.05, 4.69) is 15.0 Å². The average molecular weight is 457 g/mol. The van der Waals surface area contributed by atoms with E-state index in [0.29, 0.717) is 22.0 Å². The molecule has 10 heteroatoms. The molecule has 0 amide bonds. The van der Waals surface area contributed by atoms with Crippen LogP contribution in [0.25, 0.3) is 4.96 Å². The summed E-state index contributed by atoms with van der Waals surface area (Å²) in [6.07, 6.45) is 0. The average Bonchev–Trinajstić information content (AvgIpc) is 3.14. The fourth-order valence-corrected chi connectivity index (χ4v) is 3.93. The smallest absolute Gasteiger partial charge is 0.387 e. The van der Waals surface area contributed by atoms with Gasteiger partial charge in [0.05, 0.1) is 16.9 Å². The summed E-state index contributed by atoms with van der Waals surface area (Å²) < 4.78 is 35.8. The molecular weight excluding hydrogens is 440 g/mol. The Bertz CT molecular complexity index is 1320. The highest BCUT2D eigenvalue weighted by Crippen LogP contribution is 2.24. The first kappa shape index (κ1) is 21.4. The quantitative estimate of drug-likeness (QED) is 0.403. The number of esters is 1. The minimum atomic E-state index is -2.90. The van der Waals surface area contributed by atoms with Gasteiger partial charge in [-0.3, -0.25) is 9.20 Å². The van der Waals surface area contributed by atoms with Crippen molar-refractivity contribution in [2.45, 2.75) is 20.1 Å². The third-order valence-corrected chi connectivity index (χ3v) is 5.43. The third-order valence-electron chi connectivity index (χ3n) is 4.49. The number of alkyl halides is 2. The lowest BCUT2D eigenvalue weighted by molar-refractivity contribution is -0.0498. The number of carbonyl (C=O) groups excluding carboxylic acids is 1. The van der Waals surface area contributed by atoms with Crippen molar-refractivity contribution >= 4 is 33.6 Å². The molecule has 32 heavy (non-hydrogen) atoms. The lowest BCUT2D eigenvalue weighted by atomic mass is 10.1. The Morgan fingerprint density at radius 1 is 1.19 bits per heavy atom. The molecule has 0 aliphatic carbocycles. The van der Waals surface area contributed by atoms with Crippen LogP contribution in [0.3, 0.4) is 0 Å². The zero-order valence-electron chi connectivity index (χ0n) is 16.7. The van der Waals surface area contributed by atoms with E-state index in [1.54, 1.807) is 36.4 Å². The number of rotatable bonds is 7. The summed E-state index contributed by atoms with van der Waals surface area (Å²) in [6.45, 7) is -1.25. The molecule has 164 valence electrons. The third kappa shape index (κ3) is 4.75. The van der Waals surface area contributed by atoms with Crippen molar-refractivity contribution in [3.8, 4) is 5.75 Å². The van der Waals surface area contributed by atoms with Gasteiger partial charge in [0.1, 0.15) is 12.4 Å². The second kappa shape index (κ2) is 9.15. The number of nitrogens with one attached hydrogen (secondary N) is 1. The van der Waals surface area contributed by atoms with Crippen molar-refractivity contribution in [3.05, 3.63) is 87.3 Å². The van der Waals surface area contributed by atoms with E-state index in [9.17, 15) is 18.4 Å². The van der Waals surface area contributed by atoms with Gasteiger partial charge in [-0.2, -0.15) is 8.78 Å². The molecule has 0 bridgehead atoms. The second-order valence-corrected chi connectivity index (χ2v) is 7.57. The first-order valence-corrected chi connectivity index (χ1v) is 10.3. The van der Waals surface area contributed by atoms with Crippen LogP contribution in [0, 0.1) is 6.92 Å². The molecule has 4 rings (SSSR count). The van der Waals surface area contributed by atoms with E-state index in [1.807, 2.05) is 12.3 Å². The first-order valence-electron chi connectivity index (χ1n) is 9.45. The number of hydrogen-bond acceptors (Lipinski definition) is 7. The van der Waals surface area contributed by atoms with Crippen LogP contribution < -0.4 is 15.6 Å². The molecule has 0 atom stereocenters. The number of carbonyl (C=O) groups is 1. The molecule has 0 spiro atoms. The summed E-state index contributed by atoms with van der Waals surface area (Å²) in [6, 6.07) is 13.9. The maximum absolute atomic E-state index is 12.7. The van der Waals surface area contributed by atoms with Gasteiger partial charge in [0.25, 0.3) is 5.56 Å². The van der Waals surface area contributed by atoms with Gasteiger partial charge < -0.3 is 14.8 Å². The van der Waals surface area contributed by atoms with E-state index in [1.165, 1.54) is 33.9 Å². The molecule has 2 aromatic heterocycles. The highest BCUT2D eigenvalue weighted by molar-refractivity contribution is 7.15. The number of halogens is 2. The number of para-hydroxylation sites is 1. The van der Waals surface area contributed by atoms with E-state index in [4.69, 9.17) is 4.74 Å². The van der Waals surface area contributed by atoms with Crippen LogP contribution in [-0.4, -0.2) is 22.0 Å². The van der Waals surface area contributed by atoms with Crippen molar-refractivity contribution < 1.29 is 23.0 Å². The van der Waals surface area contributed by atoms with Gasteiger partial charge in [-0.05, 0) is 43.3 Å². The molecule has 4 aromatic rings. The number of anilines is 2. The fourth-order valence-electron chi connectivity index (χ4n) is 3.04. The number of ether oxygens (including phenoxy) is 2. The fraction of sp³-hybridized carbons (Fsp3) is 0.136. The van der Waals surface area contributed by atoms with Crippen LogP contribution >= 0.6 is 11.3 Å². The maximum atomic E-state index is 12.7. The zero-order valence-corrected chi connectivity index (χ0v) is 17.6. The lowest BCUT2D eigenvalue weighted by Crippen LogP contribution is -2.16. The Kier molecular flexibility index (Phi) is 6.13. The molecule has 0 radical (unpaired) electrons. The van der Waals surface area contributed by atoms with E-state index < -0.39 is 12.6 Å². The predicted molar refractivity (Wildman–Crippen MR) is 116 cm³/mol. The summed E-state index contributed by atoms with van der Waals surface area (Å²) >= 11 is 1.33. The maximum Gasteiger partial charge on any atom is 0.387 e. The standard InChI is InChI=1S/C22H17F2N3O4S/c1-13-12-32-22-26-15(10-19(28)27(13)22)11-30-20(29)17-4-2-3-5-18(17)25-14-6-8-16(9-7-14)31-21(23)24/h2-10,12,21,25H,11H2,1H3. The summed E-state index contributed by atoms with van der Waals surface area (Å²) in [5.74, 6) is -0.574. The minimum absolute atomic E-state index is 0.0274. The van der Waals surface area contributed by atoms with Gasteiger partial charge in [-0.25, -0.2) is 9.78 Å². The molecule has 0 saturated heterocycles. The topological polar surface area (TPSA) is 81.9 Å². The molecule has 0 fully saturated rings. The number of aryl methyl sites for hydroxylation is 1. The molecule has 1 N–H and O–H groups in total. The van der Waals surface area contributed by atoms with Crippen molar-refractivity contribution in [2.24, 2.45) is 0 Å². The molecule has 2 aromatic carbocycles. The summed E-state index contributed by atoms with van der Waals surface area (Å²) in [7, 11) is 0. The van der Waals surface area contributed by atoms with Crippen LogP contribution in [0.2, 0.25) is 0 Å². The van der Waals surface area contributed by atoms with E-state index in [-0.39, 0.29) is 23.5 Å². The number of thiazole rings is 1. The van der Waals surface area contributed by atoms with Gasteiger partial charge >= 0.3 is 12.6 Å². The van der Waals surface area contributed by atoms with Crippen LogP contribution in [0.15, 0.2) is 64.8 Å². The van der Waals surface area contributed by atoms with E-state index >= 15 is 0 Å². The van der Waals surface area contributed by atoms with Crippen molar-refractivity contribution in [1.82, 2.24) is 9.38 Å². The molecular formula is C22H17F2N3O4S. The van der Waals surface area contributed by atoms with Gasteiger partial charge in [-0.1, -0.05) is 12.1 Å². The number of hydrogen-bond donors (Lipinski definition) is 1. The molecule has 0 saturated carbocycles. The molecule has 7 nitrogen and oxygen atoms in total. The highest BCUT2D eigenvalue weighted by atomic mass is 32.1. The van der Waals surface area contributed by atoms with Crippen LogP contribution in [0.5, 0.6) is 5.75 Å². The van der Waals surface area contributed by atoms with Crippen molar-refractivity contribution in [2.75, 3.05) is 5.32 Å². The number of aromatic nitrogens is 2. The molecule has 0 aliphatic heterocycles. The normalized spacial score (nSPS) is 11.0. The van der Waals surface area contributed by atoms with Crippen molar-refractivity contribution in [3.63, 3.8) is 0 Å². The molecule has 2 heterocycles. The zero-order chi connectivity index (χ0) is 22.7.